The van der Waals surface area contributed by atoms with Crippen molar-refractivity contribution in [2.75, 3.05) is 26.7 Å². The van der Waals surface area contributed by atoms with Crippen LogP contribution in [-0.4, -0.2) is 59.1 Å². The summed E-state index contributed by atoms with van der Waals surface area (Å²) in [7, 11) is 1.72. The van der Waals surface area contributed by atoms with Crippen LogP contribution in [-0.2, 0) is 16.0 Å². The number of carbonyl (C=O) groups is 2. The van der Waals surface area contributed by atoms with E-state index < -0.39 is 5.60 Å². The summed E-state index contributed by atoms with van der Waals surface area (Å²) >= 11 is 0. The molecule has 1 spiro atoms. The molecule has 6 nitrogen and oxygen atoms in total. The molecule has 1 unspecified atom stereocenters. The molecule has 2 aliphatic heterocycles. The Bertz CT molecular complexity index is 534. The zero-order valence-electron chi connectivity index (χ0n) is 11.4. The Labute approximate surface area is 117 Å². The summed E-state index contributed by atoms with van der Waals surface area (Å²) in [6.45, 7) is 1.70. The van der Waals surface area contributed by atoms with Crippen LogP contribution >= 0.6 is 0 Å². The highest BCUT2D eigenvalue weighted by Gasteiger charge is 2.49. The zero-order valence-corrected chi connectivity index (χ0v) is 11.4. The largest absolute Gasteiger partial charge is 0.439 e. The molecule has 0 N–H and O–H groups in total. The summed E-state index contributed by atoms with van der Waals surface area (Å²) in [6.07, 6.45) is 4.14. The standard InChI is InChI=1S/C14H17N3O3/c1-16-9-14(20-13(16)19)4-7-17(10-14)12(18)8-11-2-5-15-6-3-11/h2-3,5-6H,4,7-10H2,1H3. The predicted molar refractivity (Wildman–Crippen MR) is 71.0 cm³/mol. The van der Waals surface area contributed by atoms with Crippen molar-refractivity contribution in [2.24, 2.45) is 0 Å². The van der Waals surface area contributed by atoms with Gasteiger partial charge in [-0.25, -0.2) is 4.79 Å². The summed E-state index contributed by atoms with van der Waals surface area (Å²) < 4.78 is 5.44. The fraction of sp³-hybridized carbons (Fsp3) is 0.500. The van der Waals surface area contributed by atoms with Gasteiger partial charge in [-0.3, -0.25) is 9.78 Å². The lowest BCUT2D eigenvalue weighted by atomic mass is 10.0. The number of amides is 2. The first kappa shape index (κ1) is 12.9. The van der Waals surface area contributed by atoms with Crippen LogP contribution in [0, 0.1) is 0 Å². The highest BCUT2D eigenvalue weighted by molar-refractivity contribution is 5.79. The molecular weight excluding hydrogens is 258 g/mol. The molecular formula is C14H17N3O3. The Kier molecular flexibility index (Phi) is 3.08. The highest BCUT2D eigenvalue weighted by atomic mass is 16.6. The van der Waals surface area contributed by atoms with Gasteiger partial charge in [0, 0.05) is 32.4 Å². The maximum Gasteiger partial charge on any atom is 0.410 e. The molecule has 106 valence electrons. The van der Waals surface area contributed by atoms with E-state index in [1.165, 1.54) is 0 Å². The fourth-order valence-electron chi connectivity index (χ4n) is 2.85. The fourth-order valence-corrected chi connectivity index (χ4v) is 2.85. The molecule has 3 rings (SSSR count). The van der Waals surface area contributed by atoms with Gasteiger partial charge < -0.3 is 14.5 Å². The van der Waals surface area contributed by atoms with Crippen LogP contribution in [0.15, 0.2) is 24.5 Å². The molecule has 3 heterocycles. The number of hydrogen-bond donors (Lipinski definition) is 0. The number of aromatic nitrogens is 1. The molecule has 6 heteroatoms. The summed E-state index contributed by atoms with van der Waals surface area (Å²) in [5, 5.41) is 0. The summed E-state index contributed by atoms with van der Waals surface area (Å²) in [5.41, 5.74) is 0.450. The third-order valence-corrected chi connectivity index (χ3v) is 3.91. The van der Waals surface area contributed by atoms with Crippen LogP contribution in [0.2, 0.25) is 0 Å². The maximum absolute atomic E-state index is 12.3. The second kappa shape index (κ2) is 4.77. The third-order valence-electron chi connectivity index (χ3n) is 3.91. The van der Waals surface area contributed by atoms with Crippen LogP contribution in [0.4, 0.5) is 4.79 Å². The number of nitrogens with zero attached hydrogens (tertiary/aromatic N) is 3. The van der Waals surface area contributed by atoms with Crippen molar-refractivity contribution in [3.8, 4) is 0 Å². The number of carbonyl (C=O) groups excluding carboxylic acids is 2. The monoisotopic (exact) mass is 275 g/mol. The average Bonchev–Trinajstić information content (AvgIpc) is 2.95. The van der Waals surface area contributed by atoms with Gasteiger partial charge in [-0.15, -0.1) is 0 Å². The van der Waals surface area contributed by atoms with Crippen LogP contribution in [0.1, 0.15) is 12.0 Å². The first-order chi connectivity index (χ1) is 9.58. The predicted octanol–water partition coefficient (Wildman–Crippen LogP) is 0.677. The minimum absolute atomic E-state index is 0.0682. The van der Waals surface area contributed by atoms with Crippen molar-refractivity contribution >= 4 is 12.0 Å². The SMILES string of the molecule is CN1CC2(CCN(C(=O)Cc3ccncc3)C2)OC1=O. The molecule has 2 saturated heterocycles. The smallest absolute Gasteiger partial charge is 0.410 e. The minimum Gasteiger partial charge on any atom is -0.439 e. The second-order valence-corrected chi connectivity index (χ2v) is 5.50. The highest BCUT2D eigenvalue weighted by Crippen LogP contribution is 2.31. The van der Waals surface area contributed by atoms with Crippen molar-refractivity contribution in [3.63, 3.8) is 0 Å². The molecule has 1 aromatic heterocycles. The lowest BCUT2D eigenvalue weighted by molar-refractivity contribution is -0.130. The summed E-state index contributed by atoms with van der Waals surface area (Å²) in [6, 6.07) is 3.68. The molecule has 1 atom stereocenters. The van der Waals surface area contributed by atoms with E-state index in [0.717, 1.165) is 5.56 Å². The van der Waals surface area contributed by atoms with E-state index in [1.807, 2.05) is 12.1 Å². The van der Waals surface area contributed by atoms with Gasteiger partial charge in [-0.2, -0.15) is 0 Å². The van der Waals surface area contributed by atoms with Gasteiger partial charge in [-0.05, 0) is 17.7 Å². The number of pyridine rings is 1. The topological polar surface area (TPSA) is 62.7 Å². The molecule has 2 aliphatic rings. The Morgan fingerprint density at radius 1 is 1.40 bits per heavy atom. The van der Waals surface area contributed by atoms with Crippen LogP contribution in [0.3, 0.4) is 0 Å². The summed E-state index contributed by atoms with van der Waals surface area (Å²) in [5.74, 6) is 0.0682. The van der Waals surface area contributed by atoms with E-state index in [-0.39, 0.29) is 12.0 Å². The van der Waals surface area contributed by atoms with Gasteiger partial charge in [0.1, 0.15) is 0 Å². The minimum atomic E-state index is -0.500. The average molecular weight is 275 g/mol. The van der Waals surface area contributed by atoms with Gasteiger partial charge in [0.25, 0.3) is 0 Å². The van der Waals surface area contributed by atoms with Gasteiger partial charge in [-0.1, -0.05) is 0 Å². The number of likely N-dealkylation sites (tertiary alicyclic amines) is 1. The number of likely N-dealkylation sites (N-methyl/N-ethyl adjacent to an activating group) is 1. The maximum atomic E-state index is 12.3. The molecule has 1 aromatic rings. The van der Waals surface area contributed by atoms with Crippen molar-refractivity contribution in [3.05, 3.63) is 30.1 Å². The van der Waals surface area contributed by atoms with Crippen LogP contribution in [0.5, 0.6) is 0 Å². The molecule has 20 heavy (non-hydrogen) atoms. The Morgan fingerprint density at radius 2 is 2.15 bits per heavy atom. The van der Waals surface area contributed by atoms with E-state index >= 15 is 0 Å². The van der Waals surface area contributed by atoms with Crippen LogP contribution in [0.25, 0.3) is 0 Å². The zero-order chi connectivity index (χ0) is 14.2. The molecule has 0 radical (unpaired) electrons. The summed E-state index contributed by atoms with van der Waals surface area (Å²) in [4.78, 5) is 31.1. The Morgan fingerprint density at radius 3 is 2.80 bits per heavy atom. The molecule has 0 bridgehead atoms. The van der Waals surface area contributed by atoms with Crippen molar-refractivity contribution in [1.29, 1.82) is 0 Å². The number of hydrogen-bond acceptors (Lipinski definition) is 4. The molecule has 0 aromatic carbocycles. The van der Waals surface area contributed by atoms with Gasteiger partial charge in [0.15, 0.2) is 5.60 Å². The van der Waals surface area contributed by atoms with Crippen molar-refractivity contribution in [2.45, 2.75) is 18.4 Å². The van der Waals surface area contributed by atoms with Crippen molar-refractivity contribution < 1.29 is 14.3 Å². The Hall–Kier alpha value is -2.11. The van der Waals surface area contributed by atoms with E-state index in [1.54, 1.807) is 29.2 Å². The van der Waals surface area contributed by atoms with E-state index in [9.17, 15) is 9.59 Å². The first-order valence-electron chi connectivity index (χ1n) is 6.69. The molecule has 0 saturated carbocycles. The van der Waals surface area contributed by atoms with Gasteiger partial charge in [0.05, 0.1) is 19.5 Å². The quantitative estimate of drug-likeness (QED) is 0.796. The number of rotatable bonds is 2. The molecule has 2 fully saturated rings. The molecule has 0 aliphatic carbocycles. The first-order valence-corrected chi connectivity index (χ1v) is 6.69. The van der Waals surface area contributed by atoms with Crippen molar-refractivity contribution in [1.82, 2.24) is 14.8 Å². The van der Waals surface area contributed by atoms with Gasteiger partial charge in [0.2, 0.25) is 5.91 Å². The lowest BCUT2D eigenvalue weighted by Gasteiger charge is -2.21. The van der Waals surface area contributed by atoms with Gasteiger partial charge >= 0.3 is 6.09 Å². The third kappa shape index (κ3) is 2.33. The van der Waals surface area contributed by atoms with E-state index in [4.69, 9.17) is 4.74 Å². The number of ether oxygens (including phenoxy) is 1. The Balaban J connectivity index is 1.63. The second-order valence-electron chi connectivity index (χ2n) is 5.50. The lowest BCUT2D eigenvalue weighted by Crippen LogP contribution is -2.39. The molecule has 2 amide bonds. The van der Waals surface area contributed by atoms with E-state index in [2.05, 4.69) is 4.98 Å². The normalized spacial score (nSPS) is 25.4. The van der Waals surface area contributed by atoms with E-state index in [0.29, 0.717) is 32.5 Å². The van der Waals surface area contributed by atoms with Crippen LogP contribution < -0.4 is 0 Å².